The number of benzene rings is 3. The van der Waals surface area contributed by atoms with Gasteiger partial charge in [-0.25, -0.2) is 0 Å². The molecule has 0 bridgehead atoms. The number of rotatable bonds is 9. The number of nitrogens with two attached hydrogens (primary N) is 1. The first-order valence-corrected chi connectivity index (χ1v) is 11.3. The first kappa shape index (κ1) is 23.4. The minimum atomic E-state index is -0.798. The number of H-pyrrole nitrogens is 1. The highest BCUT2D eigenvalue weighted by Crippen LogP contribution is 2.29. The molecule has 34 heavy (non-hydrogen) atoms. The lowest BCUT2D eigenvalue weighted by molar-refractivity contribution is 0.176. The minimum absolute atomic E-state index is 0.0271. The van der Waals surface area contributed by atoms with Crippen LogP contribution < -0.4 is 21.3 Å². The number of fused-ring (bicyclic) bond motifs is 1. The number of aromatic hydroxyl groups is 1. The van der Waals surface area contributed by atoms with E-state index < -0.39 is 6.10 Å². The third-order valence-electron chi connectivity index (χ3n) is 5.82. The number of pyridine rings is 1. The average molecular weight is 460 g/mol. The summed E-state index contributed by atoms with van der Waals surface area (Å²) in [6, 6.07) is 20.1. The lowest BCUT2D eigenvalue weighted by atomic mass is 10.0. The van der Waals surface area contributed by atoms with Gasteiger partial charge in [0, 0.05) is 23.7 Å². The van der Waals surface area contributed by atoms with Crippen LogP contribution in [0.5, 0.6) is 11.5 Å². The van der Waals surface area contributed by atoms with Gasteiger partial charge in [-0.05, 0) is 72.5 Å². The second-order valence-corrected chi connectivity index (χ2v) is 8.13. The molecule has 0 aliphatic rings. The Kier molecular flexibility index (Phi) is 7.15. The van der Waals surface area contributed by atoms with Crippen molar-refractivity contribution >= 4 is 16.6 Å². The van der Waals surface area contributed by atoms with Crippen molar-refractivity contribution in [1.82, 2.24) is 10.3 Å². The van der Waals surface area contributed by atoms with Gasteiger partial charge in [-0.15, -0.1) is 0 Å². The summed E-state index contributed by atoms with van der Waals surface area (Å²) in [7, 11) is 0. The van der Waals surface area contributed by atoms with Crippen LogP contribution in [0.15, 0.2) is 71.5 Å². The van der Waals surface area contributed by atoms with Gasteiger partial charge in [-0.1, -0.05) is 30.3 Å². The van der Waals surface area contributed by atoms with Gasteiger partial charge < -0.3 is 31.0 Å². The summed E-state index contributed by atoms with van der Waals surface area (Å²) in [6.45, 7) is 3.56. The topological polar surface area (TPSA) is 121 Å². The van der Waals surface area contributed by atoms with Crippen LogP contribution in [-0.4, -0.2) is 34.9 Å². The fraction of sp³-hybridized carbons (Fsp3) is 0.222. The SMILES string of the molecule is CCOc1ccc(-c2ccc(CCNCC(O)c3ccc(O)c4[nH]c(=O)ccc34)c(N)c2)cc1. The molecule has 176 valence electrons. The van der Waals surface area contributed by atoms with Crippen LogP contribution in [0.1, 0.15) is 24.2 Å². The zero-order valence-electron chi connectivity index (χ0n) is 19.0. The van der Waals surface area contributed by atoms with E-state index in [1.165, 1.54) is 12.1 Å². The maximum Gasteiger partial charge on any atom is 0.248 e. The molecule has 0 aliphatic heterocycles. The average Bonchev–Trinajstić information content (AvgIpc) is 2.83. The van der Waals surface area contributed by atoms with E-state index in [2.05, 4.69) is 16.4 Å². The lowest BCUT2D eigenvalue weighted by Crippen LogP contribution is -2.24. The standard InChI is InChI=1S/C27H29N3O4/c1-2-34-20-7-5-17(6-8-20)19-4-3-18(23(28)15-19)13-14-29-16-25(32)21-9-11-24(31)27-22(21)10-12-26(33)30-27/h3-12,15,25,29,31-32H,2,13-14,16,28H2,1H3,(H,30,33). The van der Waals surface area contributed by atoms with Gasteiger partial charge >= 0.3 is 0 Å². The minimum Gasteiger partial charge on any atom is -0.506 e. The number of hydrogen-bond acceptors (Lipinski definition) is 6. The Morgan fingerprint density at radius 1 is 1.03 bits per heavy atom. The van der Waals surface area contributed by atoms with Gasteiger partial charge in [0.25, 0.3) is 0 Å². The monoisotopic (exact) mass is 459 g/mol. The van der Waals surface area contributed by atoms with E-state index in [1.807, 2.05) is 43.3 Å². The summed E-state index contributed by atoms with van der Waals surface area (Å²) in [5.41, 5.74) is 10.8. The molecule has 0 saturated carbocycles. The highest BCUT2D eigenvalue weighted by atomic mass is 16.5. The molecule has 0 radical (unpaired) electrons. The number of anilines is 1. The third kappa shape index (κ3) is 5.22. The normalized spacial score (nSPS) is 12.1. The molecule has 7 heteroatoms. The van der Waals surface area contributed by atoms with Crippen LogP contribution in [0, 0.1) is 0 Å². The molecule has 1 unspecified atom stereocenters. The van der Waals surface area contributed by atoms with Gasteiger partial charge in [0.05, 0.1) is 18.2 Å². The number of phenols is 1. The van der Waals surface area contributed by atoms with E-state index >= 15 is 0 Å². The number of nitrogen functional groups attached to an aromatic ring is 1. The van der Waals surface area contributed by atoms with Crippen LogP contribution in [0.2, 0.25) is 0 Å². The summed E-state index contributed by atoms with van der Waals surface area (Å²) < 4.78 is 5.50. The Hall–Kier alpha value is -3.81. The Morgan fingerprint density at radius 2 is 1.79 bits per heavy atom. The van der Waals surface area contributed by atoms with Crippen molar-refractivity contribution in [3.8, 4) is 22.6 Å². The quantitative estimate of drug-likeness (QED) is 0.192. The predicted molar refractivity (Wildman–Crippen MR) is 135 cm³/mol. The number of phenolic OH excluding ortho intramolecular Hbond substituents is 1. The zero-order chi connectivity index (χ0) is 24.1. The third-order valence-corrected chi connectivity index (χ3v) is 5.82. The molecular weight excluding hydrogens is 430 g/mol. The Labute approximate surface area is 197 Å². The molecule has 0 fully saturated rings. The van der Waals surface area contributed by atoms with Crippen LogP contribution >= 0.6 is 0 Å². The molecule has 0 amide bonds. The maximum atomic E-state index is 11.6. The van der Waals surface area contributed by atoms with Gasteiger partial charge in [0.2, 0.25) is 5.56 Å². The van der Waals surface area contributed by atoms with Crippen LogP contribution in [0.3, 0.4) is 0 Å². The van der Waals surface area contributed by atoms with Gasteiger partial charge in [0.15, 0.2) is 0 Å². The second-order valence-electron chi connectivity index (χ2n) is 8.13. The number of ether oxygens (including phenoxy) is 1. The van der Waals surface area contributed by atoms with Crippen LogP contribution in [-0.2, 0) is 6.42 Å². The molecule has 3 aromatic carbocycles. The lowest BCUT2D eigenvalue weighted by Gasteiger charge is -2.15. The van der Waals surface area contributed by atoms with Gasteiger partial charge in [-0.2, -0.15) is 0 Å². The molecule has 1 atom stereocenters. The highest BCUT2D eigenvalue weighted by Gasteiger charge is 2.14. The number of nitrogens with one attached hydrogen (secondary N) is 2. The number of aliphatic hydroxyl groups excluding tert-OH is 1. The first-order chi connectivity index (χ1) is 16.5. The molecule has 6 N–H and O–H groups in total. The van der Waals surface area contributed by atoms with Crippen LogP contribution in [0.25, 0.3) is 22.0 Å². The Balaban J connectivity index is 1.35. The van der Waals surface area contributed by atoms with Crippen molar-refractivity contribution in [3.63, 3.8) is 0 Å². The van der Waals surface area contributed by atoms with Crippen LogP contribution in [0.4, 0.5) is 5.69 Å². The second kappa shape index (κ2) is 10.4. The smallest absolute Gasteiger partial charge is 0.248 e. The maximum absolute atomic E-state index is 11.6. The molecule has 7 nitrogen and oxygen atoms in total. The summed E-state index contributed by atoms with van der Waals surface area (Å²) in [5, 5.41) is 24.6. The van der Waals surface area contributed by atoms with Gasteiger partial charge in [0.1, 0.15) is 11.5 Å². The van der Waals surface area contributed by atoms with Crippen molar-refractivity contribution in [1.29, 1.82) is 0 Å². The molecule has 1 heterocycles. The number of hydrogen-bond donors (Lipinski definition) is 5. The highest BCUT2D eigenvalue weighted by molar-refractivity contribution is 5.87. The first-order valence-electron chi connectivity index (χ1n) is 11.3. The van der Waals surface area contributed by atoms with E-state index in [9.17, 15) is 15.0 Å². The fourth-order valence-electron chi connectivity index (χ4n) is 4.03. The van der Waals surface area contributed by atoms with Crippen molar-refractivity contribution in [2.24, 2.45) is 0 Å². The summed E-state index contributed by atoms with van der Waals surface area (Å²) in [6.07, 6.45) is -0.0837. The van der Waals surface area contributed by atoms with Crippen molar-refractivity contribution in [2.45, 2.75) is 19.4 Å². The molecular formula is C27H29N3O4. The molecule has 0 saturated heterocycles. The molecule has 0 aliphatic carbocycles. The van der Waals surface area contributed by atoms with E-state index in [-0.39, 0.29) is 11.3 Å². The molecule has 0 spiro atoms. The molecule has 4 rings (SSSR count). The largest absolute Gasteiger partial charge is 0.506 e. The van der Waals surface area contributed by atoms with E-state index in [1.54, 1.807) is 12.1 Å². The summed E-state index contributed by atoms with van der Waals surface area (Å²) >= 11 is 0. The Morgan fingerprint density at radius 3 is 2.53 bits per heavy atom. The van der Waals surface area contributed by atoms with Crippen molar-refractivity contribution in [3.05, 3.63) is 88.2 Å². The number of aromatic nitrogens is 1. The predicted octanol–water partition coefficient (Wildman–Crippen LogP) is 3.75. The number of aliphatic hydroxyl groups is 1. The zero-order valence-corrected chi connectivity index (χ0v) is 19.0. The van der Waals surface area contributed by atoms with E-state index in [0.717, 1.165) is 28.1 Å². The summed E-state index contributed by atoms with van der Waals surface area (Å²) in [5.74, 6) is 0.818. The van der Waals surface area contributed by atoms with E-state index in [4.69, 9.17) is 10.5 Å². The van der Waals surface area contributed by atoms with Crippen molar-refractivity contribution < 1.29 is 14.9 Å². The Bertz CT molecular complexity index is 1330. The van der Waals surface area contributed by atoms with Crippen molar-refractivity contribution in [2.75, 3.05) is 25.4 Å². The fourth-order valence-corrected chi connectivity index (χ4v) is 4.03. The van der Waals surface area contributed by atoms with Gasteiger partial charge in [-0.3, -0.25) is 4.79 Å². The molecule has 4 aromatic rings. The number of aromatic amines is 1. The molecule has 1 aromatic heterocycles. The van der Waals surface area contributed by atoms with E-state index in [0.29, 0.717) is 42.6 Å². The summed E-state index contributed by atoms with van der Waals surface area (Å²) in [4.78, 5) is 14.2.